The lowest BCUT2D eigenvalue weighted by atomic mass is 9.93. The number of carbonyl (C=O) groups is 1. The number of rotatable bonds is 4. The number of anilines is 1. The number of aryl methyl sites for hydroxylation is 2. The zero-order valence-corrected chi connectivity index (χ0v) is 13.5. The highest BCUT2D eigenvalue weighted by atomic mass is 16.3. The molecule has 122 valence electrons. The van der Waals surface area contributed by atoms with Gasteiger partial charge in [-0.1, -0.05) is 24.3 Å². The summed E-state index contributed by atoms with van der Waals surface area (Å²) in [4.78, 5) is 14.4. The Bertz CT molecular complexity index is 710. The van der Waals surface area contributed by atoms with Crippen molar-refractivity contribution in [1.29, 1.82) is 0 Å². The number of hydrogen-bond donors (Lipinski definition) is 2. The first-order chi connectivity index (χ1) is 11.1. The number of carbonyl (C=O) groups excluding carboxylic acids is 1. The summed E-state index contributed by atoms with van der Waals surface area (Å²) in [6.45, 7) is 2.91. The van der Waals surface area contributed by atoms with Gasteiger partial charge < -0.3 is 10.4 Å². The molecule has 0 saturated heterocycles. The van der Waals surface area contributed by atoms with Crippen LogP contribution in [-0.4, -0.2) is 45.4 Å². The van der Waals surface area contributed by atoms with Crippen molar-refractivity contribution >= 4 is 11.7 Å². The third kappa shape index (κ3) is 3.28. The molecule has 2 heterocycles. The van der Waals surface area contributed by atoms with Crippen LogP contribution >= 0.6 is 0 Å². The van der Waals surface area contributed by atoms with Gasteiger partial charge in [-0.2, -0.15) is 5.10 Å². The van der Waals surface area contributed by atoms with Crippen LogP contribution in [0.3, 0.4) is 0 Å². The van der Waals surface area contributed by atoms with Crippen LogP contribution in [0.2, 0.25) is 0 Å². The molecule has 6 heteroatoms. The minimum absolute atomic E-state index is 0.00904. The van der Waals surface area contributed by atoms with Gasteiger partial charge in [-0.15, -0.1) is 0 Å². The number of amides is 1. The van der Waals surface area contributed by atoms with E-state index in [0.29, 0.717) is 5.82 Å². The molecule has 0 saturated carbocycles. The van der Waals surface area contributed by atoms with E-state index in [2.05, 4.69) is 16.5 Å². The third-order valence-electron chi connectivity index (χ3n) is 4.31. The third-order valence-corrected chi connectivity index (χ3v) is 4.31. The van der Waals surface area contributed by atoms with Crippen molar-refractivity contribution in [2.24, 2.45) is 7.05 Å². The fourth-order valence-electron chi connectivity index (χ4n) is 3.20. The maximum atomic E-state index is 12.3. The van der Waals surface area contributed by atoms with Crippen LogP contribution < -0.4 is 5.32 Å². The second kappa shape index (κ2) is 6.52. The lowest BCUT2D eigenvalue weighted by Crippen LogP contribution is -2.42. The van der Waals surface area contributed by atoms with Gasteiger partial charge in [-0.3, -0.25) is 14.4 Å². The van der Waals surface area contributed by atoms with Gasteiger partial charge in [0.1, 0.15) is 5.82 Å². The number of benzene rings is 1. The SMILES string of the molecule is Cc1cc(NC(=O)CN2CCc3ccccc3C2CO)n(C)n1. The summed E-state index contributed by atoms with van der Waals surface area (Å²) in [6, 6.07) is 9.83. The Hall–Kier alpha value is -2.18. The average molecular weight is 314 g/mol. The molecular weight excluding hydrogens is 292 g/mol. The molecule has 1 amide bonds. The topological polar surface area (TPSA) is 70.4 Å². The monoisotopic (exact) mass is 314 g/mol. The summed E-state index contributed by atoms with van der Waals surface area (Å²) in [6.07, 6.45) is 0.894. The summed E-state index contributed by atoms with van der Waals surface area (Å²) in [7, 11) is 1.80. The fraction of sp³-hybridized carbons (Fsp3) is 0.412. The predicted molar refractivity (Wildman–Crippen MR) is 88.1 cm³/mol. The van der Waals surface area contributed by atoms with Gasteiger partial charge in [0.05, 0.1) is 24.9 Å². The van der Waals surface area contributed by atoms with Crippen LogP contribution in [-0.2, 0) is 18.3 Å². The van der Waals surface area contributed by atoms with Crippen molar-refractivity contribution in [3.8, 4) is 0 Å². The first-order valence-corrected chi connectivity index (χ1v) is 7.81. The van der Waals surface area contributed by atoms with Crippen LogP contribution in [0.1, 0.15) is 22.9 Å². The molecule has 1 aliphatic rings. The van der Waals surface area contributed by atoms with Crippen molar-refractivity contribution < 1.29 is 9.90 Å². The van der Waals surface area contributed by atoms with E-state index in [1.807, 2.05) is 36.1 Å². The molecule has 2 aromatic rings. The maximum Gasteiger partial charge on any atom is 0.239 e. The van der Waals surface area contributed by atoms with E-state index in [4.69, 9.17) is 0 Å². The smallest absolute Gasteiger partial charge is 0.239 e. The van der Waals surface area contributed by atoms with Gasteiger partial charge in [0.25, 0.3) is 0 Å². The zero-order valence-electron chi connectivity index (χ0n) is 13.5. The van der Waals surface area contributed by atoms with Crippen molar-refractivity contribution in [3.05, 3.63) is 47.2 Å². The summed E-state index contributed by atoms with van der Waals surface area (Å²) in [5.41, 5.74) is 3.24. The van der Waals surface area contributed by atoms with Crippen molar-refractivity contribution in [1.82, 2.24) is 14.7 Å². The lowest BCUT2D eigenvalue weighted by molar-refractivity contribution is -0.118. The van der Waals surface area contributed by atoms with E-state index in [1.165, 1.54) is 5.56 Å². The number of nitrogens with zero attached hydrogens (tertiary/aromatic N) is 3. The molecule has 0 spiro atoms. The highest BCUT2D eigenvalue weighted by molar-refractivity contribution is 5.91. The number of hydrogen-bond acceptors (Lipinski definition) is 4. The van der Waals surface area contributed by atoms with Gasteiger partial charge >= 0.3 is 0 Å². The molecule has 1 aromatic carbocycles. The molecule has 1 aromatic heterocycles. The highest BCUT2D eigenvalue weighted by Crippen LogP contribution is 2.28. The number of fused-ring (bicyclic) bond motifs is 1. The largest absolute Gasteiger partial charge is 0.394 e. The number of aliphatic hydroxyl groups excluding tert-OH is 1. The Kier molecular flexibility index (Phi) is 4.45. The van der Waals surface area contributed by atoms with Crippen molar-refractivity contribution in [2.45, 2.75) is 19.4 Å². The Morgan fingerprint density at radius 1 is 1.43 bits per heavy atom. The maximum absolute atomic E-state index is 12.3. The minimum Gasteiger partial charge on any atom is -0.394 e. The average Bonchev–Trinajstić information content (AvgIpc) is 2.84. The van der Waals surface area contributed by atoms with Crippen LogP contribution in [0.25, 0.3) is 0 Å². The quantitative estimate of drug-likeness (QED) is 0.891. The van der Waals surface area contributed by atoms with E-state index in [9.17, 15) is 9.90 Å². The number of aromatic nitrogens is 2. The molecule has 1 unspecified atom stereocenters. The minimum atomic E-state index is -0.126. The predicted octanol–water partition coefficient (Wildman–Crippen LogP) is 1.26. The van der Waals surface area contributed by atoms with E-state index >= 15 is 0 Å². The van der Waals surface area contributed by atoms with Crippen LogP contribution in [0.15, 0.2) is 30.3 Å². The summed E-state index contributed by atoms with van der Waals surface area (Å²) >= 11 is 0. The van der Waals surface area contributed by atoms with Crippen LogP contribution in [0.5, 0.6) is 0 Å². The van der Waals surface area contributed by atoms with Gasteiger partial charge in [0.15, 0.2) is 0 Å². The van der Waals surface area contributed by atoms with Gasteiger partial charge in [-0.05, 0) is 24.5 Å². The van der Waals surface area contributed by atoms with E-state index in [0.717, 1.165) is 24.2 Å². The van der Waals surface area contributed by atoms with Gasteiger partial charge in [0, 0.05) is 19.7 Å². The Balaban J connectivity index is 1.70. The van der Waals surface area contributed by atoms with Gasteiger partial charge in [-0.25, -0.2) is 0 Å². The molecule has 2 N–H and O–H groups in total. The molecule has 6 nitrogen and oxygen atoms in total. The Morgan fingerprint density at radius 3 is 2.91 bits per heavy atom. The number of aliphatic hydroxyl groups is 1. The summed E-state index contributed by atoms with van der Waals surface area (Å²) in [5.74, 6) is 0.594. The second-order valence-electron chi connectivity index (χ2n) is 5.96. The molecule has 23 heavy (non-hydrogen) atoms. The highest BCUT2D eigenvalue weighted by Gasteiger charge is 2.28. The summed E-state index contributed by atoms with van der Waals surface area (Å²) in [5, 5.41) is 16.9. The lowest BCUT2D eigenvalue weighted by Gasteiger charge is -2.35. The second-order valence-corrected chi connectivity index (χ2v) is 5.96. The van der Waals surface area contributed by atoms with Crippen molar-refractivity contribution in [2.75, 3.05) is 25.0 Å². The Labute approximate surface area is 135 Å². The molecule has 0 radical (unpaired) electrons. The zero-order chi connectivity index (χ0) is 16.4. The molecule has 3 rings (SSSR count). The first-order valence-electron chi connectivity index (χ1n) is 7.81. The molecule has 0 fully saturated rings. The van der Waals surface area contributed by atoms with Crippen LogP contribution in [0.4, 0.5) is 5.82 Å². The van der Waals surface area contributed by atoms with Crippen molar-refractivity contribution in [3.63, 3.8) is 0 Å². The first kappa shape index (κ1) is 15.7. The fourth-order valence-corrected chi connectivity index (χ4v) is 3.20. The molecule has 1 atom stereocenters. The molecular formula is C17H22N4O2. The van der Waals surface area contributed by atoms with E-state index in [-0.39, 0.29) is 25.1 Å². The van der Waals surface area contributed by atoms with Crippen LogP contribution in [0, 0.1) is 6.92 Å². The standard InChI is InChI=1S/C17H22N4O2/c1-12-9-16(20(2)19-12)18-17(23)10-21-8-7-13-5-3-4-6-14(13)15(21)11-22/h3-6,9,15,22H,7-8,10-11H2,1-2H3,(H,18,23). The van der Waals surface area contributed by atoms with Gasteiger partial charge in [0.2, 0.25) is 5.91 Å². The van der Waals surface area contributed by atoms with E-state index in [1.54, 1.807) is 11.7 Å². The molecule has 0 aliphatic carbocycles. The Morgan fingerprint density at radius 2 is 2.22 bits per heavy atom. The normalized spacial score (nSPS) is 17.8. The number of nitrogens with one attached hydrogen (secondary N) is 1. The van der Waals surface area contributed by atoms with E-state index < -0.39 is 0 Å². The molecule has 0 bridgehead atoms. The summed E-state index contributed by atoms with van der Waals surface area (Å²) < 4.78 is 1.66. The molecule has 1 aliphatic heterocycles.